The molecule has 0 radical (unpaired) electrons. The van der Waals surface area contributed by atoms with Crippen molar-refractivity contribution in [3.8, 4) is 5.75 Å². The number of aryl methyl sites for hydroxylation is 3. The molecule has 0 bridgehead atoms. The van der Waals surface area contributed by atoms with Gasteiger partial charge in [-0.25, -0.2) is 4.98 Å². The quantitative estimate of drug-likeness (QED) is 0.255. The summed E-state index contributed by atoms with van der Waals surface area (Å²) in [4.78, 5) is 8.77. The zero-order chi connectivity index (χ0) is 18.1. The fourth-order valence-electron chi connectivity index (χ4n) is 2.46. The molecule has 0 spiro atoms. The predicted molar refractivity (Wildman–Crippen MR) is 121 cm³/mol. The van der Waals surface area contributed by atoms with Crippen LogP contribution in [-0.2, 0) is 13.0 Å². The fraction of sp³-hybridized carbons (Fsp3) is 0.474. The number of aliphatic imine (C=N–C) groups is 1. The van der Waals surface area contributed by atoms with E-state index in [-0.39, 0.29) is 24.0 Å². The molecule has 5 nitrogen and oxygen atoms in total. The van der Waals surface area contributed by atoms with E-state index in [1.807, 2.05) is 13.8 Å². The van der Waals surface area contributed by atoms with Crippen LogP contribution < -0.4 is 15.4 Å². The fourth-order valence-corrected chi connectivity index (χ4v) is 3.28. The second-order valence-electron chi connectivity index (χ2n) is 5.88. The minimum Gasteiger partial charge on any atom is -0.494 e. The number of thiazole rings is 1. The summed E-state index contributed by atoms with van der Waals surface area (Å²) in [5, 5.41) is 10.0. The van der Waals surface area contributed by atoms with Crippen LogP contribution in [-0.4, -0.2) is 31.1 Å². The molecule has 144 valence electrons. The zero-order valence-corrected chi connectivity index (χ0v) is 19.1. The highest BCUT2D eigenvalue weighted by molar-refractivity contribution is 14.0. The number of nitrogens with one attached hydrogen (secondary N) is 2. The topological polar surface area (TPSA) is 58.5 Å². The molecule has 0 saturated carbocycles. The van der Waals surface area contributed by atoms with E-state index in [2.05, 4.69) is 51.1 Å². The smallest absolute Gasteiger partial charge is 0.191 e. The third kappa shape index (κ3) is 7.49. The van der Waals surface area contributed by atoms with Gasteiger partial charge in [-0.15, -0.1) is 35.3 Å². The van der Waals surface area contributed by atoms with Crippen molar-refractivity contribution in [3.63, 3.8) is 0 Å². The Kier molecular flexibility index (Phi) is 10.6. The third-order valence-electron chi connectivity index (χ3n) is 3.72. The molecule has 0 amide bonds. The SMILES string of the molecule is CCOc1cc(C)ccc1CNC(=NC)NCCCc1nc(C)cs1.I. The second-order valence-corrected chi connectivity index (χ2v) is 6.83. The van der Waals surface area contributed by atoms with Gasteiger partial charge in [0.1, 0.15) is 5.75 Å². The number of aromatic nitrogens is 1. The summed E-state index contributed by atoms with van der Waals surface area (Å²) in [6.45, 7) is 8.32. The van der Waals surface area contributed by atoms with Gasteiger partial charge in [-0.2, -0.15) is 0 Å². The van der Waals surface area contributed by atoms with Gasteiger partial charge >= 0.3 is 0 Å². The maximum absolute atomic E-state index is 5.73. The first-order chi connectivity index (χ1) is 12.1. The molecule has 0 aliphatic rings. The summed E-state index contributed by atoms with van der Waals surface area (Å²) < 4.78 is 5.73. The first kappa shape index (κ1) is 22.7. The maximum Gasteiger partial charge on any atom is 0.191 e. The number of halogens is 1. The molecule has 2 rings (SSSR count). The Morgan fingerprint density at radius 2 is 2.08 bits per heavy atom. The van der Waals surface area contributed by atoms with Crippen LogP contribution in [0.1, 0.15) is 35.2 Å². The van der Waals surface area contributed by atoms with E-state index in [9.17, 15) is 0 Å². The lowest BCUT2D eigenvalue weighted by Crippen LogP contribution is -2.37. The highest BCUT2D eigenvalue weighted by atomic mass is 127. The van der Waals surface area contributed by atoms with Crippen molar-refractivity contribution >= 4 is 41.3 Å². The zero-order valence-electron chi connectivity index (χ0n) is 16.0. The van der Waals surface area contributed by atoms with Gasteiger partial charge in [-0.1, -0.05) is 12.1 Å². The summed E-state index contributed by atoms with van der Waals surface area (Å²) in [5.41, 5.74) is 3.44. The van der Waals surface area contributed by atoms with E-state index in [0.29, 0.717) is 13.2 Å². The molecule has 1 aromatic carbocycles. The third-order valence-corrected chi connectivity index (χ3v) is 4.75. The molecule has 0 fully saturated rings. The average molecular weight is 488 g/mol. The van der Waals surface area contributed by atoms with Crippen LogP contribution in [0.25, 0.3) is 0 Å². The lowest BCUT2D eigenvalue weighted by Gasteiger charge is -2.15. The number of guanidine groups is 1. The monoisotopic (exact) mass is 488 g/mol. The summed E-state index contributed by atoms with van der Waals surface area (Å²) >= 11 is 1.73. The average Bonchev–Trinajstić information content (AvgIpc) is 3.01. The van der Waals surface area contributed by atoms with E-state index in [4.69, 9.17) is 4.74 Å². The Morgan fingerprint density at radius 1 is 1.27 bits per heavy atom. The molecule has 0 atom stereocenters. The van der Waals surface area contributed by atoms with Gasteiger partial charge in [-0.05, 0) is 38.8 Å². The van der Waals surface area contributed by atoms with E-state index >= 15 is 0 Å². The lowest BCUT2D eigenvalue weighted by molar-refractivity contribution is 0.336. The molecular weight excluding hydrogens is 459 g/mol. The first-order valence-corrected chi connectivity index (χ1v) is 9.58. The standard InChI is InChI=1S/C19H28N4OS.HI/c1-5-24-17-11-14(2)8-9-16(17)12-22-19(20-4)21-10-6-7-18-23-15(3)13-25-18;/h8-9,11,13H,5-7,10,12H2,1-4H3,(H2,20,21,22);1H. The Hall–Kier alpha value is -1.35. The van der Waals surface area contributed by atoms with Crippen molar-refractivity contribution in [2.75, 3.05) is 20.2 Å². The van der Waals surface area contributed by atoms with Crippen LogP contribution in [0.4, 0.5) is 0 Å². The molecule has 7 heteroatoms. The van der Waals surface area contributed by atoms with Gasteiger partial charge in [-0.3, -0.25) is 4.99 Å². The molecule has 1 heterocycles. The molecule has 1 aromatic heterocycles. The molecule has 0 aliphatic heterocycles. The minimum absolute atomic E-state index is 0. The second kappa shape index (κ2) is 12.1. The van der Waals surface area contributed by atoms with Crippen molar-refractivity contribution in [2.45, 2.75) is 40.2 Å². The van der Waals surface area contributed by atoms with Crippen LogP contribution in [0.2, 0.25) is 0 Å². The predicted octanol–water partition coefficient (Wildman–Crippen LogP) is 4.07. The number of rotatable bonds is 8. The van der Waals surface area contributed by atoms with Gasteiger partial charge in [0.15, 0.2) is 5.96 Å². The number of benzene rings is 1. The van der Waals surface area contributed by atoms with Crippen LogP contribution >= 0.6 is 35.3 Å². The van der Waals surface area contributed by atoms with Crippen LogP contribution in [0.5, 0.6) is 5.75 Å². The van der Waals surface area contributed by atoms with E-state index in [0.717, 1.165) is 42.4 Å². The first-order valence-electron chi connectivity index (χ1n) is 8.70. The van der Waals surface area contributed by atoms with Crippen LogP contribution in [0.15, 0.2) is 28.6 Å². The van der Waals surface area contributed by atoms with E-state index < -0.39 is 0 Å². The number of ether oxygens (including phenoxy) is 1. The summed E-state index contributed by atoms with van der Waals surface area (Å²) in [7, 11) is 1.79. The van der Waals surface area contributed by atoms with E-state index in [1.54, 1.807) is 18.4 Å². The number of nitrogens with zero attached hydrogens (tertiary/aromatic N) is 2. The molecule has 0 unspecified atom stereocenters. The number of hydrogen-bond acceptors (Lipinski definition) is 4. The molecule has 0 saturated heterocycles. The van der Waals surface area contributed by atoms with Gasteiger partial charge in [0.05, 0.1) is 11.6 Å². The van der Waals surface area contributed by atoms with Gasteiger partial charge in [0.25, 0.3) is 0 Å². The highest BCUT2D eigenvalue weighted by Gasteiger charge is 2.05. The minimum atomic E-state index is 0. The Labute approximate surface area is 177 Å². The maximum atomic E-state index is 5.73. The van der Waals surface area contributed by atoms with Crippen molar-refractivity contribution in [2.24, 2.45) is 4.99 Å². The summed E-state index contributed by atoms with van der Waals surface area (Å²) in [5.74, 6) is 1.74. The van der Waals surface area contributed by atoms with Crippen molar-refractivity contribution in [1.82, 2.24) is 15.6 Å². The lowest BCUT2D eigenvalue weighted by atomic mass is 10.1. The number of hydrogen-bond donors (Lipinski definition) is 2. The molecule has 2 N–H and O–H groups in total. The molecule has 2 aromatic rings. The van der Waals surface area contributed by atoms with Crippen molar-refractivity contribution < 1.29 is 4.74 Å². The largest absolute Gasteiger partial charge is 0.494 e. The van der Waals surface area contributed by atoms with Gasteiger partial charge < -0.3 is 15.4 Å². The molecule has 0 aliphatic carbocycles. The van der Waals surface area contributed by atoms with Crippen molar-refractivity contribution in [1.29, 1.82) is 0 Å². The molecular formula is C19H29IN4OS. The van der Waals surface area contributed by atoms with E-state index in [1.165, 1.54) is 10.6 Å². The Balaban J connectivity index is 0.00000338. The van der Waals surface area contributed by atoms with Gasteiger partial charge in [0, 0.05) is 43.2 Å². The van der Waals surface area contributed by atoms with Crippen LogP contribution in [0, 0.1) is 13.8 Å². The Bertz CT molecular complexity index is 703. The van der Waals surface area contributed by atoms with Crippen molar-refractivity contribution in [3.05, 3.63) is 45.4 Å². The normalized spacial score (nSPS) is 11.0. The summed E-state index contributed by atoms with van der Waals surface area (Å²) in [6.07, 6.45) is 2.03. The summed E-state index contributed by atoms with van der Waals surface area (Å²) in [6, 6.07) is 6.28. The molecule has 26 heavy (non-hydrogen) atoms. The Morgan fingerprint density at radius 3 is 2.73 bits per heavy atom. The van der Waals surface area contributed by atoms with Crippen LogP contribution in [0.3, 0.4) is 0 Å². The highest BCUT2D eigenvalue weighted by Crippen LogP contribution is 2.20. The van der Waals surface area contributed by atoms with Gasteiger partial charge in [0.2, 0.25) is 0 Å².